The molecule has 0 bridgehead atoms. The van der Waals surface area contributed by atoms with Crippen molar-refractivity contribution in [2.45, 2.75) is 25.2 Å². The molecule has 0 radical (unpaired) electrons. The topological polar surface area (TPSA) is 3.24 Å². The van der Waals surface area contributed by atoms with E-state index in [4.69, 9.17) is 0 Å². The molecule has 1 aliphatic rings. The quantitative estimate of drug-likeness (QED) is 0.817. The van der Waals surface area contributed by atoms with Gasteiger partial charge < -0.3 is 4.90 Å². The Balaban J connectivity index is 1.87. The molecule has 0 atom stereocenters. The molecule has 0 unspecified atom stereocenters. The van der Waals surface area contributed by atoms with Gasteiger partial charge in [-0.2, -0.15) is 0 Å². The van der Waals surface area contributed by atoms with Crippen molar-refractivity contribution in [1.82, 2.24) is 4.90 Å². The molecule has 1 nitrogen and oxygen atoms in total. The molecule has 0 amide bonds. The van der Waals surface area contributed by atoms with Crippen LogP contribution in [-0.2, 0) is 6.42 Å². The lowest BCUT2D eigenvalue weighted by molar-refractivity contribution is -0.0548. The molecule has 0 spiro atoms. The second-order valence-electron chi connectivity index (χ2n) is 4.68. The first kappa shape index (κ1) is 13.9. The molecule has 2 rings (SSSR count). The van der Waals surface area contributed by atoms with Crippen molar-refractivity contribution in [1.29, 1.82) is 0 Å². The highest BCUT2D eigenvalue weighted by Crippen LogP contribution is 2.27. The number of halogens is 4. The molecule has 1 aromatic rings. The smallest absolute Gasteiger partial charge is 0.250 e. The largest absolute Gasteiger partial charge is 0.303 e. The Morgan fingerprint density at radius 3 is 2.56 bits per heavy atom. The Morgan fingerprint density at radius 1 is 1.22 bits per heavy atom. The summed E-state index contributed by atoms with van der Waals surface area (Å²) >= 11 is 3.30. The zero-order chi connectivity index (χ0) is 13.2. The van der Waals surface area contributed by atoms with Gasteiger partial charge in [-0.15, -0.1) is 0 Å². The highest BCUT2D eigenvalue weighted by Gasteiger charge is 2.33. The van der Waals surface area contributed by atoms with Gasteiger partial charge in [0.05, 0.1) is 0 Å². The minimum atomic E-state index is -2.52. The van der Waals surface area contributed by atoms with E-state index in [-0.39, 0.29) is 18.7 Å². The van der Waals surface area contributed by atoms with Crippen molar-refractivity contribution in [3.05, 3.63) is 34.1 Å². The predicted molar refractivity (Wildman–Crippen MR) is 68.4 cm³/mol. The third kappa shape index (κ3) is 3.72. The van der Waals surface area contributed by atoms with E-state index in [1.807, 2.05) is 4.90 Å². The van der Waals surface area contributed by atoms with Crippen LogP contribution in [-0.4, -0.2) is 30.5 Å². The van der Waals surface area contributed by atoms with Crippen LogP contribution in [0.3, 0.4) is 0 Å². The summed E-state index contributed by atoms with van der Waals surface area (Å²) < 4.78 is 40.3. The van der Waals surface area contributed by atoms with Crippen LogP contribution < -0.4 is 0 Å². The van der Waals surface area contributed by atoms with Gasteiger partial charge in [0.25, 0.3) is 5.92 Å². The van der Waals surface area contributed by atoms with Gasteiger partial charge in [0.1, 0.15) is 5.82 Å². The van der Waals surface area contributed by atoms with E-state index >= 15 is 0 Å². The van der Waals surface area contributed by atoms with Crippen LogP contribution in [0.25, 0.3) is 0 Å². The van der Waals surface area contributed by atoms with Crippen LogP contribution in [0.2, 0.25) is 0 Å². The second kappa shape index (κ2) is 5.61. The van der Waals surface area contributed by atoms with Crippen LogP contribution in [0.4, 0.5) is 13.2 Å². The molecule has 1 saturated heterocycles. The fourth-order valence-electron chi connectivity index (χ4n) is 2.12. The number of hydrogen-bond donors (Lipinski definition) is 0. The molecule has 18 heavy (non-hydrogen) atoms. The maximum atomic E-state index is 13.5. The monoisotopic (exact) mass is 321 g/mol. The van der Waals surface area contributed by atoms with Crippen molar-refractivity contribution in [3.8, 4) is 0 Å². The van der Waals surface area contributed by atoms with Gasteiger partial charge in [-0.3, -0.25) is 0 Å². The lowest BCUT2D eigenvalue weighted by Crippen LogP contribution is -2.40. The zero-order valence-electron chi connectivity index (χ0n) is 9.93. The summed E-state index contributed by atoms with van der Waals surface area (Å²) in [5.41, 5.74) is 0.627. The van der Waals surface area contributed by atoms with Crippen molar-refractivity contribution in [2.24, 2.45) is 0 Å². The van der Waals surface area contributed by atoms with E-state index in [1.165, 1.54) is 6.07 Å². The van der Waals surface area contributed by atoms with Crippen molar-refractivity contribution >= 4 is 15.9 Å². The number of alkyl halides is 2. The fourth-order valence-corrected chi connectivity index (χ4v) is 2.53. The first-order valence-electron chi connectivity index (χ1n) is 6.00. The van der Waals surface area contributed by atoms with E-state index in [1.54, 1.807) is 12.1 Å². The molecule has 5 heteroatoms. The van der Waals surface area contributed by atoms with Gasteiger partial charge in [-0.05, 0) is 30.2 Å². The maximum Gasteiger partial charge on any atom is 0.250 e. The molecule has 1 aliphatic heterocycles. The summed E-state index contributed by atoms with van der Waals surface area (Å²) in [6.45, 7) is 1.41. The van der Waals surface area contributed by atoms with Crippen LogP contribution >= 0.6 is 15.9 Å². The van der Waals surface area contributed by atoms with Gasteiger partial charge in [-0.1, -0.05) is 15.9 Å². The summed E-state index contributed by atoms with van der Waals surface area (Å²) in [6, 6.07) is 4.82. The van der Waals surface area contributed by atoms with Gasteiger partial charge in [0, 0.05) is 36.9 Å². The minimum Gasteiger partial charge on any atom is -0.303 e. The molecule has 0 aliphatic carbocycles. The van der Waals surface area contributed by atoms with Crippen LogP contribution in [0, 0.1) is 5.82 Å². The molecule has 0 saturated carbocycles. The summed E-state index contributed by atoms with van der Waals surface area (Å²) in [7, 11) is 0. The van der Waals surface area contributed by atoms with E-state index in [9.17, 15) is 13.2 Å². The summed E-state index contributed by atoms with van der Waals surface area (Å²) in [6.07, 6.45) is 0.374. The second-order valence-corrected chi connectivity index (χ2v) is 5.60. The molecule has 1 aromatic carbocycles. The molecular formula is C13H15BrF3N. The van der Waals surface area contributed by atoms with E-state index in [2.05, 4.69) is 15.9 Å². The summed E-state index contributed by atoms with van der Waals surface area (Å²) in [4.78, 5) is 1.97. The van der Waals surface area contributed by atoms with E-state index in [0.29, 0.717) is 31.6 Å². The van der Waals surface area contributed by atoms with Gasteiger partial charge >= 0.3 is 0 Å². The zero-order valence-corrected chi connectivity index (χ0v) is 11.5. The average molecular weight is 322 g/mol. The van der Waals surface area contributed by atoms with Gasteiger partial charge in [-0.25, -0.2) is 13.2 Å². The fraction of sp³-hybridized carbons (Fsp3) is 0.538. The van der Waals surface area contributed by atoms with Gasteiger partial charge in [0.2, 0.25) is 0 Å². The number of benzene rings is 1. The molecule has 1 fully saturated rings. The molecule has 0 aromatic heterocycles. The lowest BCUT2D eigenvalue weighted by atomic mass is 10.1. The summed E-state index contributed by atoms with van der Waals surface area (Å²) in [5, 5.41) is 0. The lowest BCUT2D eigenvalue weighted by Gasteiger charge is -2.31. The SMILES string of the molecule is Fc1ccc(Br)cc1CCN1CCC(F)(F)CC1. The number of likely N-dealkylation sites (tertiary alicyclic amines) is 1. The number of piperidine rings is 1. The van der Waals surface area contributed by atoms with E-state index < -0.39 is 5.92 Å². The number of nitrogens with zero attached hydrogens (tertiary/aromatic N) is 1. The normalized spacial score (nSPS) is 20.0. The highest BCUT2D eigenvalue weighted by atomic mass is 79.9. The highest BCUT2D eigenvalue weighted by molar-refractivity contribution is 9.10. The Labute approximate surface area is 113 Å². The van der Waals surface area contributed by atoms with Crippen molar-refractivity contribution in [2.75, 3.05) is 19.6 Å². The first-order valence-corrected chi connectivity index (χ1v) is 6.80. The Kier molecular flexibility index (Phi) is 4.33. The Morgan fingerprint density at radius 2 is 1.89 bits per heavy atom. The first-order chi connectivity index (χ1) is 8.46. The van der Waals surface area contributed by atoms with Crippen LogP contribution in [0.1, 0.15) is 18.4 Å². The van der Waals surface area contributed by atoms with Crippen molar-refractivity contribution in [3.63, 3.8) is 0 Å². The Bertz CT molecular complexity index is 413. The third-order valence-corrected chi connectivity index (χ3v) is 3.79. The van der Waals surface area contributed by atoms with Crippen LogP contribution in [0.15, 0.2) is 22.7 Å². The molecule has 1 heterocycles. The third-order valence-electron chi connectivity index (χ3n) is 3.29. The van der Waals surface area contributed by atoms with Crippen LogP contribution in [0.5, 0.6) is 0 Å². The number of hydrogen-bond acceptors (Lipinski definition) is 1. The molecule has 100 valence electrons. The number of rotatable bonds is 3. The Hall–Kier alpha value is -0.550. The predicted octanol–water partition coefficient (Wildman–Crippen LogP) is 3.86. The standard InChI is InChI=1S/C13H15BrF3N/c14-11-1-2-12(15)10(9-11)3-6-18-7-4-13(16,17)5-8-18/h1-2,9H,3-8H2. The molecular weight excluding hydrogens is 307 g/mol. The van der Waals surface area contributed by atoms with Crippen molar-refractivity contribution < 1.29 is 13.2 Å². The molecule has 0 N–H and O–H groups in total. The van der Waals surface area contributed by atoms with E-state index in [0.717, 1.165) is 4.47 Å². The average Bonchev–Trinajstić information content (AvgIpc) is 2.32. The summed E-state index contributed by atoms with van der Waals surface area (Å²) in [5.74, 6) is -2.75. The van der Waals surface area contributed by atoms with Gasteiger partial charge in [0.15, 0.2) is 0 Å². The maximum absolute atomic E-state index is 13.5. The minimum absolute atomic E-state index is 0.0893.